The first-order valence-electron chi connectivity index (χ1n) is 12.1. The van der Waals surface area contributed by atoms with E-state index in [2.05, 4.69) is 102 Å². The summed E-state index contributed by atoms with van der Waals surface area (Å²) < 4.78 is 0. The van der Waals surface area contributed by atoms with Gasteiger partial charge < -0.3 is 15.5 Å². The lowest BCUT2D eigenvalue weighted by atomic mass is 9.64. The number of anilines is 2. The summed E-state index contributed by atoms with van der Waals surface area (Å²) in [7, 11) is 0. The van der Waals surface area contributed by atoms with Crippen molar-refractivity contribution in [3.63, 3.8) is 0 Å². The molecule has 170 valence electrons. The molecule has 0 bridgehead atoms. The smallest absolute Gasteiger partial charge is 0.319 e. The Balaban J connectivity index is 1.74. The molecule has 0 radical (unpaired) electrons. The fraction of sp³-hybridized carbons (Fsp3) is 0.345. The fourth-order valence-electron chi connectivity index (χ4n) is 5.76. The van der Waals surface area contributed by atoms with E-state index < -0.39 is 0 Å². The number of rotatable bonds is 4. The first-order valence-corrected chi connectivity index (χ1v) is 12.1. The van der Waals surface area contributed by atoms with E-state index >= 15 is 0 Å². The average molecular weight is 440 g/mol. The molecule has 2 amide bonds. The van der Waals surface area contributed by atoms with Crippen LogP contribution in [0.3, 0.4) is 0 Å². The molecule has 3 aromatic rings. The van der Waals surface area contributed by atoms with Crippen molar-refractivity contribution in [1.29, 1.82) is 0 Å². The van der Waals surface area contributed by atoms with E-state index in [0.29, 0.717) is 6.54 Å². The van der Waals surface area contributed by atoms with Crippen molar-refractivity contribution in [3.8, 4) is 0 Å². The van der Waals surface area contributed by atoms with Crippen LogP contribution in [-0.2, 0) is 10.8 Å². The van der Waals surface area contributed by atoms with Crippen molar-refractivity contribution in [3.05, 3.63) is 95.1 Å². The van der Waals surface area contributed by atoms with Gasteiger partial charge in [0.05, 0.1) is 0 Å². The molecule has 0 fully saturated rings. The van der Waals surface area contributed by atoms with Gasteiger partial charge in [-0.2, -0.15) is 0 Å². The van der Waals surface area contributed by atoms with Gasteiger partial charge in [-0.05, 0) is 54.2 Å². The van der Waals surface area contributed by atoms with Crippen LogP contribution in [-0.4, -0.2) is 25.7 Å². The molecule has 0 unspecified atom stereocenters. The van der Waals surface area contributed by atoms with Gasteiger partial charge in [0.1, 0.15) is 0 Å². The largest absolute Gasteiger partial charge is 0.371 e. The minimum atomic E-state index is -0.157. The highest BCUT2D eigenvalue weighted by Crippen LogP contribution is 2.54. The van der Waals surface area contributed by atoms with Gasteiger partial charge in [0.15, 0.2) is 0 Å². The van der Waals surface area contributed by atoms with Crippen LogP contribution in [0.4, 0.5) is 16.2 Å². The van der Waals surface area contributed by atoms with Gasteiger partial charge in [-0.15, -0.1) is 0 Å². The van der Waals surface area contributed by atoms with E-state index in [-0.39, 0.29) is 16.9 Å². The normalized spacial score (nSPS) is 23.5. The summed E-state index contributed by atoms with van der Waals surface area (Å²) in [5, 5.41) is 6.00. The summed E-state index contributed by atoms with van der Waals surface area (Å²) >= 11 is 0. The quantitative estimate of drug-likeness (QED) is 0.519. The molecular weight excluding hydrogens is 406 g/mol. The van der Waals surface area contributed by atoms with Gasteiger partial charge in [0, 0.05) is 41.8 Å². The number of nitrogens with one attached hydrogen (secondary N) is 2. The summed E-state index contributed by atoms with van der Waals surface area (Å²) in [6.45, 7) is 9.34. The highest BCUT2D eigenvalue weighted by Gasteiger charge is 2.44. The number of benzene rings is 3. The molecule has 4 nitrogen and oxygen atoms in total. The third-order valence-electron chi connectivity index (χ3n) is 7.80. The molecule has 4 heteroatoms. The Kier molecular flexibility index (Phi) is 5.40. The molecule has 2 aliphatic heterocycles. The molecule has 2 N–H and O–H groups in total. The van der Waals surface area contributed by atoms with Crippen LogP contribution in [0, 0.1) is 0 Å². The summed E-state index contributed by atoms with van der Waals surface area (Å²) in [6.07, 6.45) is 2.10. The van der Waals surface area contributed by atoms with Crippen LogP contribution in [0.2, 0.25) is 0 Å². The third kappa shape index (κ3) is 3.58. The standard InChI is InChI=1S/C29H33N3O/c1-4-30-27(33)31-23-19-24-26-25(20-23)29(3,22-13-9-6-10-14-22)16-18-32(26)17-15-28(24,2)21-11-7-5-8-12-21/h5-14,19-20H,4,15-18H2,1-3H3,(H2,30,31,33)/t28-,29+. The molecule has 2 atom stereocenters. The topological polar surface area (TPSA) is 44.4 Å². The zero-order valence-corrected chi connectivity index (χ0v) is 19.8. The lowest BCUT2D eigenvalue weighted by Gasteiger charge is -2.50. The highest BCUT2D eigenvalue weighted by molar-refractivity contribution is 5.90. The van der Waals surface area contributed by atoms with Gasteiger partial charge in [-0.3, -0.25) is 0 Å². The summed E-state index contributed by atoms with van der Waals surface area (Å²) in [6, 6.07) is 25.9. The van der Waals surface area contributed by atoms with E-state index in [1.165, 1.54) is 27.9 Å². The monoisotopic (exact) mass is 439 g/mol. The lowest BCUT2D eigenvalue weighted by Crippen LogP contribution is -2.47. The Morgan fingerprint density at radius 2 is 1.33 bits per heavy atom. The second-order valence-electron chi connectivity index (χ2n) is 9.79. The molecular formula is C29H33N3O. The Labute approximate surface area is 197 Å². The van der Waals surface area contributed by atoms with Gasteiger partial charge >= 0.3 is 6.03 Å². The van der Waals surface area contributed by atoms with Crippen molar-refractivity contribution in [2.45, 2.75) is 44.4 Å². The number of hydrogen-bond acceptors (Lipinski definition) is 2. The Morgan fingerprint density at radius 1 is 0.848 bits per heavy atom. The Hall–Kier alpha value is -3.27. The van der Waals surface area contributed by atoms with Crippen molar-refractivity contribution in [2.24, 2.45) is 0 Å². The van der Waals surface area contributed by atoms with E-state index in [9.17, 15) is 4.79 Å². The summed E-state index contributed by atoms with van der Waals surface area (Å²) in [5.41, 5.74) is 7.26. The van der Waals surface area contributed by atoms with E-state index in [4.69, 9.17) is 0 Å². The van der Waals surface area contributed by atoms with Gasteiger partial charge in [-0.1, -0.05) is 74.5 Å². The first-order chi connectivity index (χ1) is 16.0. The third-order valence-corrected chi connectivity index (χ3v) is 7.80. The van der Waals surface area contributed by atoms with Crippen LogP contribution in [0.1, 0.15) is 55.9 Å². The predicted octanol–water partition coefficient (Wildman–Crippen LogP) is 6.05. The van der Waals surface area contributed by atoms with E-state index in [0.717, 1.165) is 31.6 Å². The zero-order valence-electron chi connectivity index (χ0n) is 19.8. The van der Waals surface area contributed by atoms with Crippen LogP contribution in [0.5, 0.6) is 0 Å². The first kappa shape index (κ1) is 21.6. The molecule has 2 heterocycles. The molecule has 0 aliphatic carbocycles. The second kappa shape index (κ2) is 8.26. The minimum absolute atomic E-state index is 0.115. The lowest BCUT2D eigenvalue weighted by molar-refractivity contribution is 0.252. The predicted molar refractivity (Wildman–Crippen MR) is 136 cm³/mol. The van der Waals surface area contributed by atoms with Gasteiger partial charge in [0.25, 0.3) is 0 Å². The van der Waals surface area contributed by atoms with Crippen LogP contribution in [0.15, 0.2) is 72.8 Å². The molecule has 3 aromatic carbocycles. The Morgan fingerprint density at radius 3 is 1.79 bits per heavy atom. The molecule has 0 saturated heterocycles. The Bertz CT molecular complexity index is 1080. The number of carbonyl (C=O) groups is 1. The number of carbonyl (C=O) groups excluding carboxylic acids is 1. The van der Waals surface area contributed by atoms with Crippen molar-refractivity contribution < 1.29 is 4.79 Å². The number of hydrogen-bond donors (Lipinski definition) is 2. The van der Waals surface area contributed by atoms with Crippen LogP contribution >= 0.6 is 0 Å². The molecule has 0 spiro atoms. The van der Waals surface area contributed by atoms with Crippen molar-refractivity contribution >= 4 is 17.4 Å². The van der Waals surface area contributed by atoms with E-state index in [1.54, 1.807) is 0 Å². The van der Waals surface area contributed by atoms with Crippen molar-refractivity contribution in [2.75, 3.05) is 29.9 Å². The number of amides is 2. The number of nitrogens with zero attached hydrogens (tertiary/aromatic N) is 1. The summed E-state index contributed by atoms with van der Waals surface area (Å²) in [4.78, 5) is 15.1. The molecule has 2 aliphatic rings. The second-order valence-corrected chi connectivity index (χ2v) is 9.79. The van der Waals surface area contributed by atoms with Crippen LogP contribution in [0.25, 0.3) is 0 Å². The maximum absolute atomic E-state index is 12.5. The summed E-state index contributed by atoms with van der Waals surface area (Å²) in [5.74, 6) is 0. The SMILES string of the molecule is CCNC(=O)Nc1cc2c3c(c1)[C@@](C)(c1ccccc1)CCN3CC[C@@]2(C)c1ccccc1. The minimum Gasteiger partial charge on any atom is -0.371 e. The average Bonchev–Trinajstić information content (AvgIpc) is 2.84. The van der Waals surface area contributed by atoms with Crippen molar-refractivity contribution in [1.82, 2.24) is 5.32 Å². The fourth-order valence-corrected chi connectivity index (χ4v) is 5.76. The van der Waals surface area contributed by atoms with Gasteiger partial charge in [-0.25, -0.2) is 4.79 Å². The molecule has 33 heavy (non-hydrogen) atoms. The highest BCUT2D eigenvalue weighted by atomic mass is 16.2. The maximum Gasteiger partial charge on any atom is 0.319 e. The molecule has 5 rings (SSSR count). The number of urea groups is 1. The molecule has 0 aromatic heterocycles. The van der Waals surface area contributed by atoms with Gasteiger partial charge in [0.2, 0.25) is 0 Å². The molecule has 0 saturated carbocycles. The zero-order chi connectivity index (χ0) is 23.1. The van der Waals surface area contributed by atoms with E-state index in [1.807, 2.05) is 6.92 Å². The van der Waals surface area contributed by atoms with Crippen LogP contribution < -0.4 is 15.5 Å². The maximum atomic E-state index is 12.5.